The number of nitrogens with two attached hydrogens (primary N) is 1. The van der Waals surface area contributed by atoms with Crippen molar-refractivity contribution >= 4 is 17.2 Å². The van der Waals surface area contributed by atoms with Crippen molar-refractivity contribution < 1.29 is 0 Å². The Hall–Kier alpha value is -2.14. The minimum atomic E-state index is 0.634. The van der Waals surface area contributed by atoms with Gasteiger partial charge in [-0.3, -0.25) is 0 Å². The molecule has 90 valence electrons. The van der Waals surface area contributed by atoms with E-state index in [4.69, 9.17) is 5.73 Å². The molecule has 0 aromatic carbocycles. The normalized spacial score (nSPS) is 10.7. The molecule has 2 N–H and O–H groups in total. The van der Waals surface area contributed by atoms with Crippen LogP contribution in [0.5, 0.6) is 0 Å². The molecule has 3 rings (SSSR count). The van der Waals surface area contributed by atoms with Crippen LogP contribution < -0.4 is 5.73 Å². The lowest BCUT2D eigenvalue weighted by molar-refractivity contribution is 0.860. The van der Waals surface area contributed by atoms with Gasteiger partial charge in [-0.2, -0.15) is 21.1 Å². The summed E-state index contributed by atoms with van der Waals surface area (Å²) in [6, 6.07) is 7.72. The first-order valence-corrected chi connectivity index (χ1v) is 6.50. The van der Waals surface area contributed by atoms with Gasteiger partial charge in [0.1, 0.15) is 5.82 Å². The van der Waals surface area contributed by atoms with Crippen molar-refractivity contribution in [3.8, 4) is 17.1 Å². The summed E-state index contributed by atoms with van der Waals surface area (Å²) in [6.07, 6.45) is 1.73. The van der Waals surface area contributed by atoms with Crippen LogP contribution in [0.1, 0.15) is 5.56 Å². The molecule has 0 atom stereocenters. The van der Waals surface area contributed by atoms with Gasteiger partial charge in [-0.15, -0.1) is 0 Å². The zero-order valence-electron chi connectivity index (χ0n) is 9.87. The molecule has 5 heteroatoms. The van der Waals surface area contributed by atoms with E-state index in [2.05, 4.69) is 15.5 Å². The summed E-state index contributed by atoms with van der Waals surface area (Å²) in [5.74, 6) is 1.37. The summed E-state index contributed by atoms with van der Waals surface area (Å²) < 4.78 is 1.68. The second kappa shape index (κ2) is 4.27. The van der Waals surface area contributed by atoms with Gasteiger partial charge in [-0.1, -0.05) is 6.07 Å². The number of pyridine rings is 1. The largest absolute Gasteiger partial charge is 0.383 e. The van der Waals surface area contributed by atoms with Crippen LogP contribution in [0.2, 0.25) is 0 Å². The maximum Gasteiger partial charge on any atom is 0.155 e. The summed E-state index contributed by atoms with van der Waals surface area (Å²) >= 11 is 1.65. The fraction of sp³-hybridized carbons (Fsp3) is 0.0769. The Morgan fingerprint density at radius 2 is 2.17 bits per heavy atom. The molecule has 0 bridgehead atoms. The van der Waals surface area contributed by atoms with Gasteiger partial charge in [0.15, 0.2) is 5.82 Å². The smallest absolute Gasteiger partial charge is 0.155 e. The fourth-order valence-electron chi connectivity index (χ4n) is 1.84. The molecule has 0 aliphatic carbocycles. The van der Waals surface area contributed by atoms with Gasteiger partial charge in [0.25, 0.3) is 0 Å². The Morgan fingerprint density at radius 1 is 1.28 bits per heavy atom. The molecule has 0 radical (unpaired) electrons. The molecule has 0 spiro atoms. The predicted octanol–water partition coefficient (Wildman–Crippen LogP) is 2.89. The molecule has 0 fully saturated rings. The number of rotatable bonds is 2. The van der Waals surface area contributed by atoms with E-state index in [0.717, 1.165) is 22.6 Å². The van der Waals surface area contributed by atoms with Crippen molar-refractivity contribution in [1.82, 2.24) is 14.8 Å². The Balaban J connectivity index is 2.16. The summed E-state index contributed by atoms with van der Waals surface area (Å²) in [6.45, 7) is 1.98. The predicted molar refractivity (Wildman–Crippen MR) is 73.8 cm³/mol. The van der Waals surface area contributed by atoms with E-state index in [1.807, 2.05) is 36.6 Å². The van der Waals surface area contributed by atoms with Gasteiger partial charge in [0.05, 0.1) is 5.69 Å². The molecule has 3 aromatic heterocycles. The van der Waals surface area contributed by atoms with E-state index in [0.29, 0.717) is 5.82 Å². The van der Waals surface area contributed by atoms with E-state index in [9.17, 15) is 0 Å². The molecule has 3 heterocycles. The lowest BCUT2D eigenvalue weighted by atomic mass is 10.1. The van der Waals surface area contributed by atoms with Crippen LogP contribution in [0.3, 0.4) is 0 Å². The first kappa shape index (κ1) is 11.0. The Bertz CT molecular complexity index is 656. The highest BCUT2D eigenvalue weighted by atomic mass is 32.1. The highest BCUT2D eigenvalue weighted by molar-refractivity contribution is 7.08. The number of aromatic nitrogens is 3. The molecule has 4 nitrogen and oxygen atoms in total. The third kappa shape index (κ3) is 1.69. The Morgan fingerprint density at radius 3 is 2.83 bits per heavy atom. The van der Waals surface area contributed by atoms with Crippen molar-refractivity contribution in [2.45, 2.75) is 6.92 Å². The van der Waals surface area contributed by atoms with Crippen LogP contribution in [-0.2, 0) is 0 Å². The molecule has 0 unspecified atom stereocenters. The van der Waals surface area contributed by atoms with E-state index >= 15 is 0 Å². The molecule has 0 amide bonds. The molecule has 0 saturated carbocycles. The van der Waals surface area contributed by atoms with Crippen LogP contribution >= 0.6 is 11.3 Å². The van der Waals surface area contributed by atoms with Crippen LogP contribution in [0, 0.1) is 6.92 Å². The Labute approximate surface area is 109 Å². The van der Waals surface area contributed by atoms with Crippen LogP contribution in [0.15, 0.2) is 41.2 Å². The van der Waals surface area contributed by atoms with Crippen molar-refractivity contribution in [3.63, 3.8) is 0 Å². The zero-order valence-corrected chi connectivity index (χ0v) is 10.7. The molecule has 0 saturated heterocycles. The van der Waals surface area contributed by atoms with Crippen LogP contribution in [-0.4, -0.2) is 14.8 Å². The highest BCUT2D eigenvalue weighted by Crippen LogP contribution is 2.29. The molecule has 18 heavy (non-hydrogen) atoms. The number of thiophene rings is 1. The van der Waals surface area contributed by atoms with Crippen molar-refractivity contribution in [1.29, 1.82) is 0 Å². The Kier molecular flexibility index (Phi) is 2.60. The number of hydrogen-bond acceptors (Lipinski definition) is 4. The quantitative estimate of drug-likeness (QED) is 0.767. The lowest BCUT2D eigenvalue weighted by Crippen LogP contribution is -2.03. The van der Waals surface area contributed by atoms with Gasteiger partial charge in [-0.05, 0) is 30.5 Å². The fourth-order valence-corrected chi connectivity index (χ4v) is 2.48. The number of nitrogen functional groups attached to an aromatic ring is 1. The van der Waals surface area contributed by atoms with Gasteiger partial charge >= 0.3 is 0 Å². The molecular formula is C13H12N4S. The monoisotopic (exact) mass is 256 g/mol. The summed E-state index contributed by atoms with van der Waals surface area (Å²) in [5, 5.41) is 8.66. The summed E-state index contributed by atoms with van der Waals surface area (Å²) in [4.78, 5) is 4.27. The van der Waals surface area contributed by atoms with E-state index in [-0.39, 0.29) is 0 Å². The third-order valence-corrected chi connectivity index (χ3v) is 3.51. The van der Waals surface area contributed by atoms with Crippen LogP contribution in [0.4, 0.5) is 5.82 Å². The summed E-state index contributed by atoms with van der Waals surface area (Å²) in [7, 11) is 0. The van der Waals surface area contributed by atoms with Gasteiger partial charge in [0, 0.05) is 22.7 Å². The van der Waals surface area contributed by atoms with Crippen LogP contribution in [0.25, 0.3) is 17.1 Å². The third-order valence-electron chi connectivity index (χ3n) is 2.83. The average Bonchev–Trinajstić information content (AvgIpc) is 3.01. The SMILES string of the molecule is Cc1c(-c2ccsc2)nn(-c2ccccn2)c1N. The lowest BCUT2D eigenvalue weighted by Gasteiger charge is -2.01. The maximum absolute atomic E-state index is 6.11. The number of nitrogens with zero attached hydrogens (tertiary/aromatic N) is 3. The zero-order chi connectivity index (χ0) is 12.5. The molecule has 3 aromatic rings. The van der Waals surface area contributed by atoms with E-state index in [1.54, 1.807) is 22.2 Å². The number of anilines is 1. The van der Waals surface area contributed by atoms with E-state index < -0.39 is 0 Å². The summed E-state index contributed by atoms with van der Waals surface area (Å²) in [5.41, 5.74) is 9.10. The van der Waals surface area contributed by atoms with Gasteiger partial charge in [0.2, 0.25) is 0 Å². The molecule has 0 aliphatic heterocycles. The van der Waals surface area contributed by atoms with Gasteiger partial charge in [-0.25, -0.2) is 4.98 Å². The highest BCUT2D eigenvalue weighted by Gasteiger charge is 2.15. The first-order valence-electron chi connectivity index (χ1n) is 5.56. The van der Waals surface area contributed by atoms with Crippen molar-refractivity contribution in [3.05, 3.63) is 46.8 Å². The second-order valence-electron chi connectivity index (χ2n) is 3.97. The molecule has 0 aliphatic rings. The maximum atomic E-state index is 6.11. The minimum absolute atomic E-state index is 0.634. The second-order valence-corrected chi connectivity index (χ2v) is 4.75. The standard InChI is InChI=1S/C13H12N4S/c1-9-12(10-5-7-18-8-10)16-17(13(9)14)11-4-2-3-6-15-11/h2-8H,14H2,1H3. The van der Waals surface area contributed by atoms with Crippen molar-refractivity contribution in [2.75, 3.05) is 5.73 Å². The first-order chi connectivity index (χ1) is 8.77. The van der Waals surface area contributed by atoms with E-state index in [1.165, 1.54) is 0 Å². The number of hydrogen-bond donors (Lipinski definition) is 1. The van der Waals surface area contributed by atoms with Crippen molar-refractivity contribution in [2.24, 2.45) is 0 Å². The molecular weight excluding hydrogens is 244 g/mol. The minimum Gasteiger partial charge on any atom is -0.383 e. The average molecular weight is 256 g/mol. The van der Waals surface area contributed by atoms with Gasteiger partial charge < -0.3 is 5.73 Å². The topological polar surface area (TPSA) is 56.7 Å².